The Morgan fingerprint density at radius 1 is 1.47 bits per heavy atom. The van der Waals surface area contributed by atoms with Gasteiger partial charge in [0.15, 0.2) is 5.69 Å². The zero-order chi connectivity index (χ0) is 13.0. The predicted molar refractivity (Wildman–Crippen MR) is 54.5 cm³/mol. The van der Waals surface area contributed by atoms with Crippen LogP contribution in [0, 0.1) is 0 Å². The van der Waals surface area contributed by atoms with Crippen molar-refractivity contribution < 1.29 is 24.0 Å². The SMILES string of the molecule is CN(C)C(=O)CNC(=O)c1cc(C(=O)O)on1. The number of nitrogens with one attached hydrogen (secondary N) is 1. The Morgan fingerprint density at radius 2 is 2.12 bits per heavy atom. The van der Waals surface area contributed by atoms with E-state index in [4.69, 9.17) is 5.11 Å². The Balaban J connectivity index is 2.58. The van der Waals surface area contributed by atoms with Crippen molar-refractivity contribution in [2.75, 3.05) is 20.6 Å². The number of aromatic nitrogens is 1. The molecule has 0 aromatic carbocycles. The maximum absolute atomic E-state index is 11.4. The average Bonchev–Trinajstić information content (AvgIpc) is 2.74. The first-order chi connectivity index (χ1) is 7.91. The van der Waals surface area contributed by atoms with Crippen molar-refractivity contribution in [3.63, 3.8) is 0 Å². The highest BCUT2D eigenvalue weighted by Crippen LogP contribution is 2.02. The lowest BCUT2D eigenvalue weighted by atomic mass is 10.3. The predicted octanol–water partition coefficient (Wildman–Crippen LogP) is -0.809. The fraction of sp³-hybridized carbons (Fsp3) is 0.333. The van der Waals surface area contributed by atoms with Crippen LogP contribution in [-0.2, 0) is 4.79 Å². The largest absolute Gasteiger partial charge is 0.475 e. The van der Waals surface area contributed by atoms with E-state index in [1.54, 1.807) is 14.1 Å². The summed E-state index contributed by atoms with van der Waals surface area (Å²) in [5, 5.41) is 14.1. The highest BCUT2D eigenvalue weighted by atomic mass is 16.5. The van der Waals surface area contributed by atoms with Crippen LogP contribution in [0.15, 0.2) is 10.6 Å². The standard InChI is InChI=1S/C9H11N3O5/c1-12(2)7(13)4-10-8(14)5-3-6(9(15)16)17-11-5/h3H,4H2,1-2H3,(H,10,14)(H,15,16). The Bertz CT molecular complexity index is 451. The number of hydrogen-bond acceptors (Lipinski definition) is 5. The maximum Gasteiger partial charge on any atom is 0.374 e. The minimum Gasteiger partial charge on any atom is -0.475 e. The number of carbonyl (C=O) groups excluding carboxylic acids is 2. The van der Waals surface area contributed by atoms with Crippen LogP contribution in [0.3, 0.4) is 0 Å². The number of carboxylic acid groups (broad SMARTS) is 1. The maximum atomic E-state index is 11.4. The molecule has 8 heteroatoms. The molecule has 17 heavy (non-hydrogen) atoms. The van der Waals surface area contributed by atoms with E-state index in [9.17, 15) is 14.4 Å². The summed E-state index contributed by atoms with van der Waals surface area (Å²) in [6.45, 7) is -0.193. The topological polar surface area (TPSA) is 113 Å². The van der Waals surface area contributed by atoms with Gasteiger partial charge < -0.3 is 19.8 Å². The molecule has 8 nitrogen and oxygen atoms in total. The highest BCUT2D eigenvalue weighted by molar-refractivity contribution is 5.96. The zero-order valence-corrected chi connectivity index (χ0v) is 9.26. The Kier molecular flexibility index (Phi) is 3.81. The van der Waals surface area contributed by atoms with Gasteiger partial charge in [-0.15, -0.1) is 0 Å². The minimum atomic E-state index is -1.32. The molecule has 1 heterocycles. The van der Waals surface area contributed by atoms with Crippen LogP contribution >= 0.6 is 0 Å². The van der Waals surface area contributed by atoms with E-state index < -0.39 is 17.6 Å². The Morgan fingerprint density at radius 3 is 2.59 bits per heavy atom. The van der Waals surface area contributed by atoms with E-state index in [1.807, 2.05) is 0 Å². The molecule has 92 valence electrons. The molecular formula is C9H11N3O5. The lowest BCUT2D eigenvalue weighted by molar-refractivity contribution is -0.127. The van der Waals surface area contributed by atoms with Gasteiger partial charge in [-0.3, -0.25) is 9.59 Å². The number of carbonyl (C=O) groups is 3. The summed E-state index contributed by atoms with van der Waals surface area (Å²) in [6, 6.07) is 0.984. The number of carboxylic acids is 1. The monoisotopic (exact) mass is 241 g/mol. The summed E-state index contributed by atoms with van der Waals surface area (Å²) in [5.41, 5.74) is -0.186. The lowest BCUT2D eigenvalue weighted by Gasteiger charge is -2.09. The Hall–Kier alpha value is -2.38. The van der Waals surface area contributed by atoms with Crippen LogP contribution in [0.4, 0.5) is 0 Å². The van der Waals surface area contributed by atoms with Crippen molar-refractivity contribution >= 4 is 17.8 Å². The van der Waals surface area contributed by atoms with Crippen LogP contribution in [0.5, 0.6) is 0 Å². The first-order valence-electron chi connectivity index (χ1n) is 4.60. The molecule has 0 saturated carbocycles. The van der Waals surface area contributed by atoms with E-state index in [-0.39, 0.29) is 18.1 Å². The van der Waals surface area contributed by atoms with Gasteiger partial charge in [0, 0.05) is 20.2 Å². The normalized spacial score (nSPS) is 9.76. The average molecular weight is 241 g/mol. The quantitative estimate of drug-likeness (QED) is 0.712. The minimum absolute atomic E-state index is 0.186. The van der Waals surface area contributed by atoms with Gasteiger partial charge in [-0.1, -0.05) is 5.16 Å². The molecule has 0 bridgehead atoms. The summed E-state index contributed by atoms with van der Waals surface area (Å²) >= 11 is 0. The zero-order valence-electron chi connectivity index (χ0n) is 9.26. The summed E-state index contributed by atoms with van der Waals surface area (Å²) in [4.78, 5) is 34.4. The van der Waals surface area contributed by atoms with E-state index in [1.165, 1.54) is 4.90 Å². The van der Waals surface area contributed by atoms with Crippen molar-refractivity contribution in [3.05, 3.63) is 17.5 Å². The molecular weight excluding hydrogens is 230 g/mol. The van der Waals surface area contributed by atoms with Gasteiger partial charge in [0.2, 0.25) is 11.7 Å². The van der Waals surface area contributed by atoms with Crippen molar-refractivity contribution in [3.8, 4) is 0 Å². The number of aromatic carboxylic acids is 1. The van der Waals surface area contributed by atoms with Crippen LogP contribution in [0.2, 0.25) is 0 Å². The molecule has 0 radical (unpaired) electrons. The summed E-state index contributed by atoms with van der Waals surface area (Å²) in [6.07, 6.45) is 0. The van der Waals surface area contributed by atoms with Crippen LogP contribution in [-0.4, -0.2) is 53.6 Å². The first kappa shape index (κ1) is 12.7. The summed E-state index contributed by atoms with van der Waals surface area (Å²) in [7, 11) is 3.10. The molecule has 2 amide bonds. The second kappa shape index (κ2) is 5.10. The van der Waals surface area contributed by atoms with Crippen molar-refractivity contribution in [2.45, 2.75) is 0 Å². The van der Waals surface area contributed by atoms with Gasteiger partial charge in [0.1, 0.15) is 0 Å². The Labute approximate surface area is 96.2 Å². The van der Waals surface area contributed by atoms with Gasteiger partial charge in [0.05, 0.1) is 6.54 Å². The molecule has 1 aromatic rings. The highest BCUT2D eigenvalue weighted by Gasteiger charge is 2.17. The molecule has 0 aliphatic heterocycles. The third-order valence-electron chi connectivity index (χ3n) is 1.85. The molecule has 0 unspecified atom stereocenters. The van der Waals surface area contributed by atoms with Crippen molar-refractivity contribution in [1.29, 1.82) is 0 Å². The second-order valence-electron chi connectivity index (χ2n) is 3.35. The lowest BCUT2D eigenvalue weighted by Crippen LogP contribution is -2.36. The van der Waals surface area contributed by atoms with Crippen LogP contribution < -0.4 is 5.32 Å². The van der Waals surface area contributed by atoms with Gasteiger partial charge in [0.25, 0.3) is 5.91 Å². The van der Waals surface area contributed by atoms with Gasteiger partial charge in [-0.25, -0.2) is 4.79 Å². The number of rotatable bonds is 4. The van der Waals surface area contributed by atoms with Gasteiger partial charge in [-0.2, -0.15) is 0 Å². The van der Waals surface area contributed by atoms with Crippen LogP contribution in [0.1, 0.15) is 21.0 Å². The molecule has 2 N–H and O–H groups in total. The molecule has 0 spiro atoms. The molecule has 0 saturated heterocycles. The molecule has 0 aliphatic carbocycles. The number of nitrogens with zero attached hydrogens (tertiary/aromatic N) is 2. The van der Waals surface area contributed by atoms with E-state index in [2.05, 4.69) is 15.0 Å². The fourth-order valence-electron chi connectivity index (χ4n) is 0.888. The second-order valence-corrected chi connectivity index (χ2v) is 3.35. The molecule has 0 aliphatic rings. The molecule has 1 aromatic heterocycles. The number of likely N-dealkylation sites (N-methyl/N-ethyl adjacent to an activating group) is 1. The smallest absolute Gasteiger partial charge is 0.374 e. The van der Waals surface area contributed by atoms with Crippen LogP contribution in [0.25, 0.3) is 0 Å². The van der Waals surface area contributed by atoms with Crippen molar-refractivity contribution in [2.24, 2.45) is 0 Å². The first-order valence-corrected chi connectivity index (χ1v) is 4.60. The molecule has 1 rings (SSSR count). The third kappa shape index (κ3) is 3.30. The third-order valence-corrected chi connectivity index (χ3v) is 1.85. The molecule has 0 atom stereocenters. The van der Waals surface area contributed by atoms with Crippen molar-refractivity contribution in [1.82, 2.24) is 15.4 Å². The number of amides is 2. The van der Waals surface area contributed by atoms with Gasteiger partial charge >= 0.3 is 5.97 Å². The number of hydrogen-bond donors (Lipinski definition) is 2. The molecule has 0 fully saturated rings. The fourth-order valence-corrected chi connectivity index (χ4v) is 0.888. The van der Waals surface area contributed by atoms with E-state index >= 15 is 0 Å². The summed E-state index contributed by atoms with van der Waals surface area (Å²) < 4.78 is 4.40. The van der Waals surface area contributed by atoms with E-state index in [0.29, 0.717) is 0 Å². The van der Waals surface area contributed by atoms with Gasteiger partial charge in [-0.05, 0) is 0 Å². The summed E-state index contributed by atoms with van der Waals surface area (Å²) in [5.74, 6) is -2.72. The van der Waals surface area contributed by atoms with E-state index in [0.717, 1.165) is 6.07 Å².